The zero-order valence-electron chi connectivity index (χ0n) is 21.4. The smallest absolute Gasteiger partial charge is 0.338 e. The van der Waals surface area contributed by atoms with Crippen molar-refractivity contribution in [3.63, 3.8) is 0 Å². The van der Waals surface area contributed by atoms with Crippen LogP contribution in [0.15, 0.2) is 69.6 Å². The lowest BCUT2D eigenvalue weighted by atomic mass is 9.94. The van der Waals surface area contributed by atoms with E-state index >= 15 is 0 Å². The molecule has 0 N–H and O–H groups in total. The van der Waals surface area contributed by atoms with E-state index in [-0.39, 0.29) is 12.2 Å². The van der Waals surface area contributed by atoms with Crippen molar-refractivity contribution in [2.45, 2.75) is 52.5 Å². The number of rotatable bonds is 8. The fraction of sp³-hybridized carbons (Fsp3) is 0.345. The monoisotopic (exact) mass is 504 g/mol. The summed E-state index contributed by atoms with van der Waals surface area (Å²) in [6, 6.07) is 15.1. The van der Waals surface area contributed by atoms with Gasteiger partial charge in [-0.3, -0.25) is 9.36 Å². The summed E-state index contributed by atoms with van der Waals surface area (Å²) in [7, 11) is 1.60. The van der Waals surface area contributed by atoms with Crippen LogP contribution in [0.5, 0.6) is 5.75 Å². The van der Waals surface area contributed by atoms with Gasteiger partial charge in [0.25, 0.3) is 5.56 Å². The number of nitrogens with zero attached hydrogens (tertiary/aromatic N) is 2. The van der Waals surface area contributed by atoms with Crippen LogP contribution in [0.1, 0.15) is 69.2 Å². The highest BCUT2D eigenvalue weighted by atomic mass is 32.1. The van der Waals surface area contributed by atoms with Crippen molar-refractivity contribution >= 4 is 23.4 Å². The van der Waals surface area contributed by atoms with Crippen LogP contribution in [0.25, 0.3) is 6.08 Å². The van der Waals surface area contributed by atoms with Crippen LogP contribution in [-0.2, 0) is 9.53 Å². The number of hydrogen-bond donors (Lipinski definition) is 0. The van der Waals surface area contributed by atoms with Gasteiger partial charge >= 0.3 is 5.97 Å². The summed E-state index contributed by atoms with van der Waals surface area (Å²) in [5.74, 6) is 0.638. The molecule has 0 radical (unpaired) electrons. The third kappa shape index (κ3) is 5.07. The molecule has 6 nitrogen and oxygen atoms in total. The molecule has 1 aromatic heterocycles. The Balaban J connectivity index is 1.95. The van der Waals surface area contributed by atoms with Gasteiger partial charge in [0.1, 0.15) is 5.75 Å². The first-order valence-electron chi connectivity index (χ1n) is 12.3. The normalized spacial score (nSPS) is 15.6. The molecule has 0 aliphatic carbocycles. The first kappa shape index (κ1) is 25.6. The summed E-state index contributed by atoms with van der Waals surface area (Å²) in [5.41, 5.74) is 3.85. The highest BCUT2D eigenvalue weighted by molar-refractivity contribution is 7.07. The van der Waals surface area contributed by atoms with Crippen molar-refractivity contribution in [3.8, 4) is 5.75 Å². The maximum Gasteiger partial charge on any atom is 0.338 e. The predicted molar refractivity (Wildman–Crippen MR) is 143 cm³/mol. The molecule has 0 amide bonds. The molecule has 1 atom stereocenters. The molecular weight excluding hydrogens is 472 g/mol. The Morgan fingerprint density at radius 1 is 1.17 bits per heavy atom. The number of carbonyl (C=O) groups is 1. The molecule has 7 heteroatoms. The lowest BCUT2D eigenvalue weighted by molar-refractivity contribution is -0.139. The highest BCUT2D eigenvalue weighted by Crippen LogP contribution is 2.33. The molecule has 36 heavy (non-hydrogen) atoms. The molecule has 1 aliphatic rings. The summed E-state index contributed by atoms with van der Waals surface area (Å²) in [6.07, 6.45) is 3.31. The number of carbonyl (C=O) groups excluding carboxylic acids is 1. The summed E-state index contributed by atoms with van der Waals surface area (Å²) in [6.45, 7) is 8.37. The molecule has 0 fully saturated rings. The van der Waals surface area contributed by atoms with Gasteiger partial charge in [-0.2, -0.15) is 0 Å². The summed E-state index contributed by atoms with van der Waals surface area (Å²) in [4.78, 5) is 32.4. The van der Waals surface area contributed by atoms with E-state index in [0.717, 1.165) is 17.5 Å². The fourth-order valence-electron chi connectivity index (χ4n) is 4.38. The Hall–Kier alpha value is -3.45. The Labute approximate surface area is 215 Å². The standard InChI is InChI=1S/C29H32N2O4S/c1-6-9-23-25(28(33)35-7-2)26(21-10-8-11-22(17-21)34-5)31-27(32)24(36-29(31)30-23)16-19-12-14-20(15-13-19)18(3)4/h8,10-18,26H,6-7,9H2,1-5H3/b24-16-. The molecule has 2 heterocycles. The van der Waals surface area contributed by atoms with Crippen LogP contribution < -0.4 is 19.6 Å². The maximum absolute atomic E-state index is 13.8. The molecule has 0 spiro atoms. The molecule has 0 saturated heterocycles. The average molecular weight is 505 g/mol. The minimum Gasteiger partial charge on any atom is -0.497 e. The number of esters is 1. The lowest BCUT2D eigenvalue weighted by Crippen LogP contribution is -2.40. The molecule has 3 aromatic rings. The van der Waals surface area contributed by atoms with Crippen LogP contribution in [0.2, 0.25) is 0 Å². The largest absolute Gasteiger partial charge is 0.497 e. The molecule has 1 aliphatic heterocycles. The molecule has 0 saturated carbocycles. The summed E-state index contributed by atoms with van der Waals surface area (Å²) >= 11 is 1.34. The number of methoxy groups -OCH3 is 1. The second kappa shape index (κ2) is 11.1. The Morgan fingerprint density at radius 3 is 2.56 bits per heavy atom. The van der Waals surface area contributed by atoms with Crippen LogP contribution in [-0.4, -0.2) is 24.3 Å². The second-order valence-electron chi connectivity index (χ2n) is 9.01. The number of fused-ring (bicyclic) bond motifs is 1. The number of hydrogen-bond acceptors (Lipinski definition) is 6. The Kier molecular flexibility index (Phi) is 7.89. The Morgan fingerprint density at radius 2 is 1.92 bits per heavy atom. The van der Waals surface area contributed by atoms with E-state index in [0.29, 0.717) is 38.7 Å². The van der Waals surface area contributed by atoms with Gasteiger partial charge in [-0.15, -0.1) is 0 Å². The minimum atomic E-state index is -0.651. The third-order valence-electron chi connectivity index (χ3n) is 6.20. The van der Waals surface area contributed by atoms with Gasteiger partial charge in [0, 0.05) is 0 Å². The van der Waals surface area contributed by atoms with E-state index in [1.807, 2.05) is 49.4 Å². The van der Waals surface area contributed by atoms with Crippen molar-refractivity contribution in [2.75, 3.05) is 13.7 Å². The van der Waals surface area contributed by atoms with Crippen molar-refractivity contribution in [1.29, 1.82) is 0 Å². The topological polar surface area (TPSA) is 69.9 Å². The van der Waals surface area contributed by atoms with Gasteiger partial charge < -0.3 is 9.47 Å². The van der Waals surface area contributed by atoms with E-state index in [2.05, 4.69) is 26.0 Å². The maximum atomic E-state index is 13.8. The van der Waals surface area contributed by atoms with Gasteiger partial charge in [0.2, 0.25) is 0 Å². The van der Waals surface area contributed by atoms with Gasteiger partial charge in [0.05, 0.1) is 35.6 Å². The van der Waals surface area contributed by atoms with Crippen molar-refractivity contribution < 1.29 is 14.3 Å². The van der Waals surface area contributed by atoms with E-state index in [1.165, 1.54) is 16.9 Å². The highest BCUT2D eigenvalue weighted by Gasteiger charge is 2.34. The number of aromatic nitrogens is 1. The SMILES string of the molecule is CCCC1=C(C(=O)OCC)C(c2cccc(OC)c2)n2c(s/c(=C\c3ccc(C(C)C)cc3)c2=O)=N1. The molecule has 2 aromatic carbocycles. The molecular formula is C29H32N2O4S. The summed E-state index contributed by atoms with van der Waals surface area (Å²) < 4.78 is 13.1. The van der Waals surface area contributed by atoms with Crippen LogP contribution in [0, 0.1) is 0 Å². The van der Waals surface area contributed by atoms with Gasteiger partial charge in [-0.25, -0.2) is 9.79 Å². The van der Waals surface area contributed by atoms with Gasteiger partial charge in [-0.05, 0) is 54.2 Å². The van der Waals surface area contributed by atoms with Crippen molar-refractivity contribution in [3.05, 3.63) is 96.2 Å². The molecule has 0 bridgehead atoms. The fourth-order valence-corrected chi connectivity index (χ4v) is 5.40. The van der Waals surface area contributed by atoms with E-state index < -0.39 is 12.0 Å². The number of allylic oxidation sites excluding steroid dienone is 1. The quantitative estimate of drug-likeness (QED) is 0.417. The molecule has 188 valence electrons. The van der Waals surface area contributed by atoms with Crippen LogP contribution >= 0.6 is 11.3 Å². The first-order chi connectivity index (χ1) is 17.4. The number of ether oxygens (including phenoxy) is 2. The van der Waals surface area contributed by atoms with Gasteiger partial charge in [0.15, 0.2) is 4.80 Å². The van der Waals surface area contributed by atoms with Crippen molar-refractivity contribution in [1.82, 2.24) is 4.57 Å². The first-order valence-corrected chi connectivity index (χ1v) is 13.1. The molecule has 1 unspecified atom stereocenters. The van der Waals surface area contributed by atoms with Gasteiger partial charge in [-0.1, -0.05) is 74.9 Å². The predicted octanol–water partition coefficient (Wildman–Crippen LogP) is 4.71. The zero-order valence-corrected chi connectivity index (χ0v) is 22.2. The van der Waals surface area contributed by atoms with E-state index in [9.17, 15) is 9.59 Å². The minimum absolute atomic E-state index is 0.183. The van der Waals surface area contributed by atoms with Crippen LogP contribution in [0.4, 0.5) is 0 Å². The van der Waals surface area contributed by atoms with Crippen LogP contribution in [0.3, 0.4) is 0 Å². The van der Waals surface area contributed by atoms with E-state index in [1.54, 1.807) is 18.6 Å². The average Bonchev–Trinajstić information content (AvgIpc) is 3.18. The number of thiazole rings is 1. The number of benzene rings is 2. The zero-order chi connectivity index (χ0) is 25.8. The molecule has 4 rings (SSSR count). The summed E-state index contributed by atoms with van der Waals surface area (Å²) in [5, 5.41) is 0. The second-order valence-corrected chi connectivity index (χ2v) is 10.0. The Bertz CT molecular complexity index is 1460. The van der Waals surface area contributed by atoms with Crippen molar-refractivity contribution in [2.24, 2.45) is 4.99 Å². The third-order valence-corrected chi connectivity index (χ3v) is 7.19. The lowest BCUT2D eigenvalue weighted by Gasteiger charge is -2.26. The van der Waals surface area contributed by atoms with E-state index in [4.69, 9.17) is 14.5 Å².